The first-order valence-corrected chi connectivity index (χ1v) is 16.3. The molecule has 1 heterocycles. The average molecular weight is 631 g/mol. The lowest BCUT2D eigenvalue weighted by molar-refractivity contribution is -0.159. The molecular weight excluding hydrogens is 588 g/mol. The lowest BCUT2D eigenvalue weighted by Crippen LogP contribution is -2.51. The monoisotopic (exact) mass is 630 g/mol. The predicted molar refractivity (Wildman–Crippen MR) is 171 cm³/mol. The molecule has 4 N–H and O–H groups in total. The number of fused-ring (bicyclic) bond motifs is 6. The normalized spacial score (nSPS) is 29.9. The van der Waals surface area contributed by atoms with Crippen molar-refractivity contribution in [2.75, 3.05) is 0 Å². The third-order valence-electron chi connectivity index (χ3n) is 11.5. The summed E-state index contributed by atoms with van der Waals surface area (Å²) in [5, 5.41) is 38.3. The number of esters is 1. The van der Waals surface area contributed by atoms with Gasteiger partial charge < -0.3 is 29.6 Å². The van der Waals surface area contributed by atoms with Crippen LogP contribution in [-0.4, -0.2) is 38.3 Å². The number of carbonyl (C=O) groups is 2. The van der Waals surface area contributed by atoms with E-state index in [1.54, 1.807) is 0 Å². The largest absolute Gasteiger partial charge is 0.508 e. The quantitative estimate of drug-likeness (QED) is 0.175. The van der Waals surface area contributed by atoms with Crippen molar-refractivity contribution in [2.45, 2.75) is 84.7 Å². The molecule has 0 spiro atoms. The van der Waals surface area contributed by atoms with Crippen molar-refractivity contribution in [3.05, 3.63) is 58.3 Å². The van der Waals surface area contributed by atoms with E-state index in [2.05, 4.69) is 13.8 Å². The number of ether oxygens (including phenoxy) is 1. The fourth-order valence-electron chi connectivity index (χ4n) is 8.98. The van der Waals surface area contributed by atoms with Crippen molar-refractivity contribution in [1.29, 1.82) is 0 Å². The number of ketones is 1. The summed E-state index contributed by atoms with van der Waals surface area (Å²) in [4.78, 5) is 35.9. The Balaban J connectivity index is 0.000000164. The minimum absolute atomic E-state index is 0.0411. The molecule has 4 aliphatic rings. The molecule has 244 valence electrons. The summed E-state index contributed by atoms with van der Waals surface area (Å²) in [6.45, 7) is 6.69. The van der Waals surface area contributed by atoms with Crippen LogP contribution in [0.15, 0.2) is 57.3 Å². The Morgan fingerprint density at radius 2 is 1.70 bits per heavy atom. The summed E-state index contributed by atoms with van der Waals surface area (Å²) in [7, 11) is 0. The molecule has 0 saturated heterocycles. The SMILES string of the molecule is CCC(=O)OC1CCC2C3CCC4=CC(=O)CCC4(C)C3CCC12C.O=c1c(O)c(-c2ccc(O)c(O)c2)oc2cc(O)ccc12. The van der Waals surface area contributed by atoms with Crippen LogP contribution in [0.5, 0.6) is 23.0 Å². The van der Waals surface area contributed by atoms with Gasteiger partial charge in [0.05, 0.1) is 5.39 Å². The average Bonchev–Trinajstić information content (AvgIpc) is 3.36. The molecule has 2 aromatic carbocycles. The van der Waals surface area contributed by atoms with Crippen molar-refractivity contribution in [3.63, 3.8) is 0 Å². The zero-order valence-corrected chi connectivity index (χ0v) is 26.5. The van der Waals surface area contributed by atoms with Gasteiger partial charge in [-0.15, -0.1) is 0 Å². The molecule has 0 amide bonds. The number of phenolic OH excluding ortho intramolecular Hbond substituents is 3. The van der Waals surface area contributed by atoms with Gasteiger partial charge >= 0.3 is 5.97 Å². The maximum Gasteiger partial charge on any atom is 0.305 e. The van der Waals surface area contributed by atoms with Crippen molar-refractivity contribution in [1.82, 2.24) is 0 Å². The zero-order valence-electron chi connectivity index (χ0n) is 26.5. The number of carbonyl (C=O) groups excluding carboxylic acids is 2. The van der Waals surface area contributed by atoms with Gasteiger partial charge in [-0.2, -0.15) is 0 Å². The smallest absolute Gasteiger partial charge is 0.305 e. The zero-order chi connectivity index (χ0) is 33.0. The van der Waals surface area contributed by atoms with Crippen LogP contribution in [0, 0.1) is 28.6 Å². The van der Waals surface area contributed by atoms with Gasteiger partial charge in [0.25, 0.3) is 0 Å². The van der Waals surface area contributed by atoms with Crippen molar-refractivity contribution < 1.29 is 39.2 Å². The number of rotatable bonds is 3. The first-order valence-electron chi connectivity index (χ1n) is 16.3. The summed E-state index contributed by atoms with van der Waals surface area (Å²) in [6, 6.07) is 7.64. The predicted octanol–water partition coefficient (Wildman–Crippen LogP) is 7.12. The van der Waals surface area contributed by atoms with E-state index in [4.69, 9.17) is 9.15 Å². The Morgan fingerprint density at radius 1 is 0.913 bits per heavy atom. The summed E-state index contributed by atoms with van der Waals surface area (Å²) in [5.41, 5.74) is 1.48. The summed E-state index contributed by atoms with van der Waals surface area (Å²) >= 11 is 0. The number of phenols is 3. The third kappa shape index (κ3) is 5.33. The minimum atomic E-state index is -0.654. The van der Waals surface area contributed by atoms with E-state index in [-0.39, 0.29) is 56.7 Å². The molecule has 3 aromatic rings. The highest BCUT2D eigenvalue weighted by Crippen LogP contribution is 2.65. The highest BCUT2D eigenvalue weighted by molar-refractivity contribution is 5.91. The molecule has 3 saturated carbocycles. The minimum Gasteiger partial charge on any atom is -0.508 e. The Morgan fingerprint density at radius 3 is 2.43 bits per heavy atom. The van der Waals surface area contributed by atoms with Crippen LogP contribution in [0.25, 0.3) is 22.3 Å². The Kier molecular flexibility index (Phi) is 8.15. The van der Waals surface area contributed by atoms with E-state index >= 15 is 0 Å². The number of hydrogen-bond donors (Lipinski definition) is 4. The first kappa shape index (κ1) is 31.7. The second-order valence-electron chi connectivity index (χ2n) is 13.9. The highest BCUT2D eigenvalue weighted by Gasteiger charge is 2.59. The van der Waals surface area contributed by atoms with Gasteiger partial charge in [-0.05, 0) is 105 Å². The van der Waals surface area contributed by atoms with Gasteiger partial charge in [-0.25, -0.2) is 0 Å². The van der Waals surface area contributed by atoms with Gasteiger partial charge in [0.15, 0.2) is 23.0 Å². The van der Waals surface area contributed by atoms with Gasteiger partial charge in [-0.3, -0.25) is 14.4 Å². The molecular formula is C37H42O9. The van der Waals surface area contributed by atoms with E-state index in [0.717, 1.165) is 44.1 Å². The molecule has 9 heteroatoms. The lowest BCUT2D eigenvalue weighted by atomic mass is 9.47. The molecule has 6 unspecified atom stereocenters. The molecule has 0 radical (unpaired) electrons. The van der Waals surface area contributed by atoms with E-state index < -0.39 is 16.9 Å². The second kappa shape index (κ2) is 11.8. The molecule has 7 rings (SSSR count). The maximum atomic E-state index is 12.1. The summed E-state index contributed by atoms with van der Waals surface area (Å²) in [5.74, 6) is 0.808. The molecule has 1 aromatic heterocycles. The molecule has 6 atom stereocenters. The third-order valence-corrected chi connectivity index (χ3v) is 11.5. The van der Waals surface area contributed by atoms with Crippen molar-refractivity contribution in [3.8, 4) is 34.3 Å². The fraction of sp³-hybridized carbons (Fsp3) is 0.486. The standard InChI is InChI=1S/C22H32O3.C15H10O6/c1-4-20(24)25-19-8-7-17-16-6-5-14-13-15(23)9-11-21(14,2)18(16)10-12-22(17,19)3;16-8-2-3-9-12(6-8)21-15(14(20)13(9)19)7-1-4-10(17)11(18)5-7/h13,16-19H,4-12H2,1-3H3;1-6,16-18,20H. The van der Waals surface area contributed by atoms with Crippen LogP contribution >= 0.6 is 0 Å². The number of allylic oxidation sites excluding steroid dienone is 1. The van der Waals surface area contributed by atoms with Crippen molar-refractivity contribution >= 4 is 22.7 Å². The van der Waals surface area contributed by atoms with E-state index in [9.17, 15) is 34.8 Å². The lowest BCUT2D eigenvalue weighted by Gasteiger charge is -2.57. The fourth-order valence-corrected chi connectivity index (χ4v) is 8.98. The van der Waals surface area contributed by atoms with E-state index in [1.165, 1.54) is 55.2 Å². The molecule has 3 fully saturated rings. The maximum absolute atomic E-state index is 12.1. The van der Waals surface area contributed by atoms with Crippen LogP contribution in [0.1, 0.15) is 78.6 Å². The Labute approximate surface area is 267 Å². The topological polar surface area (TPSA) is 154 Å². The highest BCUT2D eigenvalue weighted by atomic mass is 16.5. The molecule has 0 aliphatic heterocycles. The Hall–Kier alpha value is -4.27. The summed E-state index contributed by atoms with van der Waals surface area (Å²) < 4.78 is 11.3. The van der Waals surface area contributed by atoms with E-state index in [1.807, 2.05) is 13.0 Å². The van der Waals surface area contributed by atoms with Crippen LogP contribution in [-0.2, 0) is 14.3 Å². The molecule has 0 bridgehead atoms. The number of aromatic hydroxyl groups is 4. The van der Waals surface area contributed by atoms with Crippen molar-refractivity contribution in [2.24, 2.45) is 28.6 Å². The van der Waals surface area contributed by atoms with Crippen LogP contribution in [0.2, 0.25) is 0 Å². The number of hydrogen-bond acceptors (Lipinski definition) is 9. The molecule has 4 aliphatic carbocycles. The Bertz CT molecular complexity index is 1790. The van der Waals surface area contributed by atoms with Gasteiger partial charge in [-0.1, -0.05) is 26.3 Å². The van der Waals surface area contributed by atoms with E-state index in [0.29, 0.717) is 24.0 Å². The van der Waals surface area contributed by atoms with Gasteiger partial charge in [0.1, 0.15) is 17.4 Å². The first-order chi connectivity index (χ1) is 21.9. The van der Waals surface area contributed by atoms with Crippen LogP contribution in [0.4, 0.5) is 0 Å². The van der Waals surface area contributed by atoms with Gasteiger partial charge in [0.2, 0.25) is 11.2 Å². The van der Waals surface area contributed by atoms with Crippen LogP contribution < -0.4 is 5.43 Å². The van der Waals surface area contributed by atoms with Gasteiger partial charge in [0, 0.05) is 29.9 Å². The summed E-state index contributed by atoms with van der Waals surface area (Å²) in [6.07, 6.45) is 11.3. The number of benzene rings is 2. The van der Waals surface area contributed by atoms with Crippen LogP contribution in [0.3, 0.4) is 0 Å². The molecule has 46 heavy (non-hydrogen) atoms. The molecule has 9 nitrogen and oxygen atoms in total. The second-order valence-corrected chi connectivity index (χ2v) is 13.9.